The van der Waals surface area contributed by atoms with Crippen molar-refractivity contribution in [3.63, 3.8) is 0 Å². The predicted octanol–water partition coefficient (Wildman–Crippen LogP) is 4.32. The Labute approximate surface area is 152 Å². The number of rotatable bonds is 4. The zero-order valence-corrected chi connectivity index (χ0v) is 15.1. The van der Waals surface area contributed by atoms with E-state index in [4.69, 9.17) is 0 Å². The van der Waals surface area contributed by atoms with Crippen molar-refractivity contribution in [2.45, 2.75) is 27.2 Å². The maximum atomic E-state index is 13.0. The summed E-state index contributed by atoms with van der Waals surface area (Å²) in [6, 6.07) is 14.8. The van der Waals surface area contributed by atoms with Gasteiger partial charge < -0.3 is 10.6 Å². The lowest BCUT2D eigenvalue weighted by atomic mass is 9.99. The molecule has 0 aliphatic carbocycles. The van der Waals surface area contributed by atoms with Crippen LogP contribution >= 0.6 is 0 Å². The van der Waals surface area contributed by atoms with Crippen molar-refractivity contribution in [2.24, 2.45) is 0 Å². The van der Waals surface area contributed by atoms with Crippen LogP contribution in [0.25, 0.3) is 10.9 Å². The Kier molecular flexibility index (Phi) is 4.98. The Morgan fingerprint density at radius 1 is 1.00 bits per heavy atom. The Bertz CT molecular complexity index is 996. The molecule has 0 aliphatic rings. The molecule has 0 fully saturated rings. The van der Waals surface area contributed by atoms with Gasteiger partial charge in [0.05, 0.1) is 11.1 Å². The number of nitrogens with zero attached hydrogens (tertiary/aromatic N) is 1. The Hall–Kier alpha value is -3.21. The molecule has 2 N–H and O–H groups in total. The fourth-order valence-corrected chi connectivity index (χ4v) is 3.07. The van der Waals surface area contributed by atoms with Gasteiger partial charge >= 0.3 is 0 Å². The molecule has 132 valence electrons. The summed E-state index contributed by atoms with van der Waals surface area (Å²) >= 11 is 0. The number of anilines is 2. The van der Waals surface area contributed by atoms with Crippen LogP contribution in [0.3, 0.4) is 0 Å². The molecule has 26 heavy (non-hydrogen) atoms. The lowest BCUT2D eigenvalue weighted by molar-refractivity contribution is -0.114. The highest BCUT2D eigenvalue weighted by molar-refractivity contribution is 6.13. The first-order valence-corrected chi connectivity index (χ1v) is 8.56. The van der Waals surface area contributed by atoms with Crippen molar-refractivity contribution in [1.29, 1.82) is 0 Å². The third-order valence-corrected chi connectivity index (χ3v) is 4.24. The number of carbonyl (C=O) groups excluding carboxylic acids is 2. The number of hydrogen-bond donors (Lipinski definition) is 2. The van der Waals surface area contributed by atoms with E-state index < -0.39 is 0 Å². The molecule has 1 aromatic heterocycles. The van der Waals surface area contributed by atoms with Crippen LogP contribution in [0.15, 0.2) is 48.5 Å². The maximum absolute atomic E-state index is 13.0. The number of amides is 2. The van der Waals surface area contributed by atoms with Crippen molar-refractivity contribution in [3.05, 3.63) is 65.4 Å². The van der Waals surface area contributed by atoms with E-state index in [1.54, 1.807) is 24.3 Å². The Balaban J connectivity index is 2.00. The number of aromatic nitrogens is 1. The molecule has 3 rings (SSSR count). The van der Waals surface area contributed by atoms with E-state index in [9.17, 15) is 9.59 Å². The third-order valence-electron chi connectivity index (χ3n) is 4.24. The van der Waals surface area contributed by atoms with E-state index >= 15 is 0 Å². The fraction of sp³-hybridized carbons (Fsp3) is 0.190. The minimum Gasteiger partial charge on any atom is -0.326 e. The lowest BCUT2D eigenvalue weighted by Gasteiger charge is -2.14. The molecule has 0 spiro atoms. The molecule has 5 heteroatoms. The standard InChI is InChI=1S/C21H21N3O2/c1-4-18-13(2)20(17-10-5-6-11-19(17)24-18)21(26)23-16-9-7-8-15(12-16)22-14(3)25/h5-12H,4H2,1-3H3,(H,22,25)(H,23,26). The minimum absolute atomic E-state index is 0.156. The van der Waals surface area contributed by atoms with Gasteiger partial charge in [-0.25, -0.2) is 0 Å². The number of para-hydroxylation sites is 1. The number of carbonyl (C=O) groups is 2. The van der Waals surface area contributed by atoms with Gasteiger partial charge in [0.1, 0.15) is 0 Å². The highest BCUT2D eigenvalue weighted by Crippen LogP contribution is 2.25. The van der Waals surface area contributed by atoms with Crippen molar-refractivity contribution in [2.75, 3.05) is 10.6 Å². The molecule has 0 unspecified atom stereocenters. The lowest BCUT2D eigenvalue weighted by Crippen LogP contribution is -2.16. The second-order valence-electron chi connectivity index (χ2n) is 6.15. The second kappa shape index (κ2) is 7.35. The summed E-state index contributed by atoms with van der Waals surface area (Å²) in [5, 5.41) is 6.49. The molecule has 0 aliphatic heterocycles. The van der Waals surface area contributed by atoms with Gasteiger partial charge in [-0.3, -0.25) is 14.6 Å². The van der Waals surface area contributed by atoms with E-state index in [0.29, 0.717) is 16.9 Å². The molecule has 1 heterocycles. The number of nitrogens with one attached hydrogen (secondary N) is 2. The zero-order chi connectivity index (χ0) is 18.7. The van der Waals surface area contributed by atoms with E-state index in [-0.39, 0.29) is 11.8 Å². The van der Waals surface area contributed by atoms with Crippen LogP contribution in [0.4, 0.5) is 11.4 Å². The second-order valence-corrected chi connectivity index (χ2v) is 6.15. The third kappa shape index (κ3) is 3.57. The molecule has 5 nitrogen and oxygen atoms in total. The van der Waals surface area contributed by atoms with Crippen molar-refractivity contribution >= 4 is 34.1 Å². The Morgan fingerprint density at radius 3 is 2.38 bits per heavy atom. The Morgan fingerprint density at radius 2 is 1.69 bits per heavy atom. The van der Waals surface area contributed by atoms with Gasteiger partial charge in [0, 0.05) is 29.4 Å². The predicted molar refractivity (Wildman–Crippen MR) is 105 cm³/mol. The molecular formula is C21H21N3O2. The van der Waals surface area contributed by atoms with E-state index in [1.807, 2.05) is 38.1 Å². The normalized spacial score (nSPS) is 10.6. The fourth-order valence-electron chi connectivity index (χ4n) is 3.07. The van der Waals surface area contributed by atoms with Crippen LogP contribution in [-0.2, 0) is 11.2 Å². The summed E-state index contributed by atoms with van der Waals surface area (Å²) in [4.78, 5) is 28.9. The number of aryl methyl sites for hydroxylation is 1. The van der Waals surface area contributed by atoms with Gasteiger partial charge in [-0.1, -0.05) is 31.2 Å². The van der Waals surface area contributed by atoms with E-state index in [0.717, 1.165) is 28.6 Å². The summed E-state index contributed by atoms with van der Waals surface area (Å²) in [5.41, 5.74) is 4.52. The molecule has 0 atom stereocenters. The smallest absolute Gasteiger partial charge is 0.256 e. The average Bonchev–Trinajstić information content (AvgIpc) is 2.60. The SMILES string of the molecule is CCc1nc2ccccc2c(C(=O)Nc2cccc(NC(C)=O)c2)c1C. The minimum atomic E-state index is -0.184. The van der Waals surface area contributed by atoms with Crippen LogP contribution < -0.4 is 10.6 Å². The highest BCUT2D eigenvalue weighted by atomic mass is 16.2. The zero-order valence-electron chi connectivity index (χ0n) is 15.1. The molecule has 3 aromatic rings. The molecule has 0 saturated heterocycles. The van der Waals surface area contributed by atoms with Gasteiger partial charge in [-0.2, -0.15) is 0 Å². The number of benzene rings is 2. The van der Waals surface area contributed by atoms with Crippen LogP contribution in [0.5, 0.6) is 0 Å². The number of hydrogen-bond acceptors (Lipinski definition) is 3. The van der Waals surface area contributed by atoms with Gasteiger partial charge in [0.25, 0.3) is 5.91 Å². The molecular weight excluding hydrogens is 326 g/mol. The van der Waals surface area contributed by atoms with Crippen LogP contribution in [0.2, 0.25) is 0 Å². The summed E-state index contributed by atoms with van der Waals surface area (Å²) in [5.74, 6) is -0.340. The first-order chi connectivity index (χ1) is 12.5. The molecule has 0 radical (unpaired) electrons. The number of pyridine rings is 1. The summed E-state index contributed by atoms with van der Waals surface area (Å²) < 4.78 is 0. The molecule has 0 bridgehead atoms. The van der Waals surface area contributed by atoms with Gasteiger partial charge in [0.15, 0.2) is 0 Å². The van der Waals surface area contributed by atoms with Crippen LogP contribution in [-0.4, -0.2) is 16.8 Å². The van der Waals surface area contributed by atoms with Gasteiger partial charge in [0.2, 0.25) is 5.91 Å². The average molecular weight is 347 g/mol. The van der Waals surface area contributed by atoms with E-state index in [2.05, 4.69) is 15.6 Å². The summed E-state index contributed by atoms with van der Waals surface area (Å²) in [6.07, 6.45) is 0.759. The van der Waals surface area contributed by atoms with Crippen molar-refractivity contribution < 1.29 is 9.59 Å². The quantitative estimate of drug-likeness (QED) is 0.738. The molecule has 0 saturated carbocycles. The summed E-state index contributed by atoms with van der Waals surface area (Å²) in [6.45, 7) is 5.41. The highest BCUT2D eigenvalue weighted by Gasteiger charge is 2.17. The molecule has 2 aromatic carbocycles. The van der Waals surface area contributed by atoms with Crippen molar-refractivity contribution in [3.8, 4) is 0 Å². The van der Waals surface area contributed by atoms with E-state index in [1.165, 1.54) is 6.92 Å². The van der Waals surface area contributed by atoms with Crippen LogP contribution in [0.1, 0.15) is 35.5 Å². The van der Waals surface area contributed by atoms with Gasteiger partial charge in [-0.15, -0.1) is 0 Å². The topological polar surface area (TPSA) is 71.1 Å². The first kappa shape index (κ1) is 17.6. The number of fused-ring (bicyclic) bond motifs is 1. The van der Waals surface area contributed by atoms with Crippen LogP contribution in [0, 0.1) is 6.92 Å². The molecule has 2 amide bonds. The maximum Gasteiger partial charge on any atom is 0.256 e. The monoisotopic (exact) mass is 347 g/mol. The first-order valence-electron chi connectivity index (χ1n) is 8.56. The largest absolute Gasteiger partial charge is 0.326 e. The summed E-state index contributed by atoms with van der Waals surface area (Å²) in [7, 11) is 0. The van der Waals surface area contributed by atoms with Gasteiger partial charge in [-0.05, 0) is 43.2 Å². The van der Waals surface area contributed by atoms with Crippen molar-refractivity contribution in [1.82, 2.24) is 4.98 Å².